The number of halogens is 4. The van der Waals surface area contributed by atoms with Crippen LogP contribution in [-0.4, -0.2) is 11.3 Å². The van der Waals surface area contributed by atoms with Crippen molar-refractivity contribution in [1.29, 1.82) is 0 Å². The van der Waals surface area contributed by atoms with E-state index in [9.17, 15) is 22.4 Å². The number of pyridine rings is 1. The summed E-state index contributed by atoms with van der Waals surface area (Å²) in [7, 11) is 0. The van der Waals surface area contributed by atoms with Gasteiger partial charge in [0.1, 0.15) is 5.69 Å². The van der Waals surface area contributed by atoms with Gasteiger partial charge in [-0.3, -0.25) is 4.79 Å². The van der Waals surface area contributed by atoms with Gasteiger partial charge < -0.3 is 0 Å². The van der Waals surface area contributed by atoms with Crippen molar-refractivity contribution in [3.63, 3.8) is 0 Å². The minimum atomic E-state index is -4.69. The molecule has 0 atom stereocenters. The van der Waals surface area contributed by atoms with E-state index < -0.39 is 23.4 Å². The van der Waals surface area contributed by atoms with Crippen molar-refractivity contribution < 1.29 is 22.4 Å². The summed E-state index contributed by atoms with van der Waals surface area (Å²) in [6, 6.07) is 1.28. The van der Waals surface area contributed by atoms with Crippen LogP contribution in [-0.2, 0) is 6.18 Å². The number of hydrogen-bond acceptors (Lipinski definition) is 2. The van der Waals surface area contributed by atoms with E-state index in [1.807, 2.05) is 0 Å². The third-order valence-corrected chi connectivity index (χ3v) is 1.29. The van der Waals surface area contributed by atoms with Crippen molar-refractivity contribution in [1.82, 2.24) is 4.98 Å². The molecular formula is C7H3F4NO. The van der Waals surface area contributed by atoms with E-state index in [1.165, 1.54) is 0 Å². The lowest BCUT2D eigenvalue weighted by Gasteiger charge is -2.04. The molecular weight excluding hydrogens is 190 g/mol. The van der Waals surface area contributed by atoms with Gasteiger partial charge in [0.2, 0.25) is 5.95 Å². The molecule has 1 aromatic rings. The van der Waals surface area contributed by atoms with Crippen molar-refractivity contribution >= 4 is 6.29 Å². The van der Waals surface area contributed by atoms with Crippen LogP contribution < -0.4 is 0 Å². The van der Waals surface area contributed by atoms with E-state index in [1.54, 1.807) is 0 Å². The molecule has 0 saturated heterocycles. The molecule has 0 saturated carbocycles. The van der Waals surface area contributed by atoms with Crippen LogP contribution in [0.4, 0.5) is 17.6 Å². The van der Waals surface area contributed by atoms with Gasteiger partial charge in [0, 0.05) is 0 Å². The summed E-state index contributed by atoms with van der Waals surface area (Å²) in [6.07, 6.45) is -4.59. The average molecular weight is 193 g/mol. The second-order valence-electron chi connectivity index (χ2n) is 2.19. The highest BCUT2D eigenvalue weighted by Crippen LogP contribution is 2.27. The Hall–Kier alpha value is -1.46. The smallest absolute Gasteiger partial charge is 0.298 e. The molecule has 0 aliphatic heterocycles. The van der Waals surface area contributed by atoms with Gasteiger partial charge in [-0.05, 0) is 12.1 Å². The van der Waals surface area contributed by atoms with Crippen LogP contribution in [0.1, 0.15) is 16.1 Å². The molecule has 0 aromatic carbocycles. The van der Waals surface area contributed by atoms with Crippen molar-refractivity contribution in [2.24, 2.45) is 0 Å². The number of carbonyl (C=O) groups excluding carboxylic acids is 1. The topological polar surface area (TPSA) is 30.0 Å². The Balaban J connectivity index is 3.17. The van der Waals surface area contributed by atoms with Gasteiger partial charge >= 0.3 is 6.18 Å². The predicted molar refractivity (Wildman–Crippen MR) is 34.6 cm³/mol. The lowest BCUT2D eigenvalue weighted by molar-refractivity contribution is -0.141. The molecule has 0 spiro atoms. The Bertz CT molecular complexity index is 334. The molecule has 0 amide bonds. The largest absolute Gasteiger partial charge is 0.433 e. The van der Waals surface area contributed by atoms with Crippen molar-refractivity contribution in [3.05, 3.63) is 29.3 Å². The number of hydrogen-bond donors (Lipinski definition) is 0. The Morgan fingerprint density at radius 3 is 2.31 bits per heavy atom. The zero-order chi connectivity index (χ0) is 10.1. The van der Waals surface area contributed by atoms with Crippen molar-refractivity contribution in [3.8, 4) is 0 Å². The molecule has 0 bridgehead atoms. The zero-order valence-electron chi connectivity index (χ0n) is 6.10. The monoisotopic (exact) mass is 193 g/mol. The highest BCUT2D eigenvalue weighted by Gasteiger charge is 2.33. The van der Waals surface area contributed by atoms with Gasteiger partial charge in [0.05, 0.1) is 5.56 Å². The normalized spacial score (nSPS) is 11.4. The Labute approximate surface area is 70.2 Å². The van der Waals surface area contributed by atoms with Gasteiger partial charge in [0.15, 0.2) is 6.29 Å². The van der Waals surface area contributed by atoms with Crippen LogP contribution in [0, 0.1) is 5.95 Å². The maximum Gasteiger partial charge on any atom is 0.433 e. The molecule has 0 N–H and O–H groups in total. The van der Waals surface area contributed by atoms with E-state index in [2.05, 4.69) is 4.98 Å². The summed E-state index contributed by atoms with van der Waals surface area (Å²) >= 11 is 0. The lowest BCUT2D eigenvalue weighted by atomic mass is 10.2. The summed E-state index contributed by atoms with van der Waals surface area (Å²) < 4.78 is 48.2. The van der Waals surface area contributed by atoms with Crippen molar-refractivity contribution in [2.75, 3.05) is 0 Å². The predicted octanol–water partition coefficient (Wildman–Crippen LogP) is 2.05. The van der Waals surface area contributed by atoms with E-state index in [0.717, 1.165) is 6.07 Å². The van der Waals surface area contributed by atoms with Crippen LogP contribution in [0.25, 0.3) is 0 Å². The average Bonchev–Trinajstić information content (AvgIpc) is 2.02. The molecule has 0 aliphatic rings. The summed E-state index contributed by atoms with van der Waals surface area (Å²) in [5.74, 6) is -1.41. The fourth-order valence-electron chi connectivity index (χ4n) is 0.691. The summed E-state index contributed by atoms with van der Waals surface area (Å²) in [4.78, 5) is 12.6. The highest BCUT2D eigenvalue weighted by atomic mass is 19.4. The van der Waals surface area contributed by atoms with Crippen LogP contribution in [0.3, 0.4) is 0 Å². The summed E-state index contributed by atoms with van der Waals surface area (Å²) in [6.45, 7) is 0. The van der Waals surface area contributed by atoms with Crippen LogP contribution in [0.15, 0.2) is 12.1 Å². The molecule has 0 radical (unpaired) electrons. The number of nitrogens with zero attached hydrogens (tertiary/aromatic N) is 1. The molecule has 0 fully saturated rings. The Kier molecular flexibility index (Phi) is 2.31. The first-order valence-corrected chi connectivity index (χ1v) is 3.14. The molecule has 0 unspecified atom stereocenters. The third-order valence-electron chi connectivity index (χ3n) is 1.29. The molecule has 1 aromatic heterocycles. The third kappa shape index (κ3) is 2.01. The number of alkyl halides is 3. The molecule has 0 aliphatic carbocycles. The number of aldehydes is 1. The van der Waals surface area contributed by atoms with E-state index in [0.29, 0.717) is 6.07 Å². The fraction of sp³-hybridized carbons (Fsp3) is 0.143. The first-order valence-electron chi connectivity index (χ1n) is 3.14. The zero-order valence-corrected chi connectivity index (χ0v) is 6.10. The molecule has 2 nitrogen and oxygen atoms in total. The number of rotatable bonds is 1. The van der Waals surface area contributed by atoms with E-state index in [-0.39, 0.29) is 6.29 Å². The molecule has 13 heavy (non-hydrogen) atoms. The van der Waals surface area contributed by atoms with Crippen molar-refractivity contribution in [2.45, 2.75) is 6.18 Å². The Morgan fingerprint density at radius 1 is 1.31 bits per heavy atom. The van der Waals surface area contributed by atoms with Gasteiger partial charge in [-0.1, -0.05) is 0 Å². The first-order chi connectivity index (χ1) is 5.95. The van der Waals surface area contributed by atoms with E-state index in [4.69, 9.17) is 0 Å². The minimum Gasteiger partial charge on any atom is -0.298 e. The number of carbonyl (C=O) groups is 1. The lowest BCUT2D eigenvalue weighted by Crippen LogP contribution is -2.09. The van der Waals surface area contributed by atoms with Crippen LogP contribution in [0.5, 0.6) is 0 Å². The molecule has 6 heteroatoms. The minimum absolute atomic E-state index is 0.0997. The number of aromatic nitrogens is 1. The van der Waals surface area contributed by atoms with Gasteiger partial charge in [0.25, 0.3) is 0 Å². The molecule has 70 valence electrons. The second-order valence-corrected chi connectivity index (χ2v) is 2.19. The maximum atomic E-state index is 12.5. The van der Waals surface area contributed by atoms with E-state index >= 15 is 0 Å². The molecule has 1 rings (SSSR count). The standard InChI is InChI=1S/C7H3F4NO/c8-6-4(3-13)1-2-5(12-6)7(9,10)11/h1-3H. The van der Waals surface area contributed by atoms with Gasteiger partial charge in [-0.15, -0.1) is 0 Å². The van der Waals surface area contributed by atoms with Gasteiger partial charge in [-0.25, -0.2) is 4.98 Å². The second kappa shape index (κ2) is 3.12. The fourth-order valence-corrected chi connectivity index (χ4v) is 0.691. The highest BCUT2D eigenvalue weighted by molar-refractivity contribution is 5.74. The van der Waals surface area contributed by atoms with Crippen LogP contribution >= 0.6 is 0 Å². The maximum absolute atomic E-state index is 12.5. The van der Waals surface area contributed by atoms with Crippen LogP contribution in [0.2, 0.25) is 0 Å². The SMILES string of the molecule is O=Cc1ccc(C(F)(F)F)nc1F. The Morgan fingerprint density at radius 2 is 1.92 bits per heavy atom. The summed E-state index contributed by atoms with van der Waals surface area (Å²) in [5.41, 5.74) is -1.84. The van der Waals surface area contributed by atoms with Gasteiger partial charge in [-0.2, -0.15) is 17.6 Å². The molecule has 1 heterocycles. The summed E-state index contributed by atoms with van der Waals surface area (Å²) in [5, 5.41) is 0. The first kappa shape index (κ1) is 9.63. The quantitative estimate of drug-likeness (QED) is 0.388.